The average molecular weight is 311 g/mol. The number of aryl methyl sites for hydroxylation is 1. The van der Waals surface area contributed by atoms with Crippen molar-refractivity contribution in [3.05, 3.63) is 35.2 Å². The van der Waals surface area contributed by atoms with Crippen LogP contribution in [0, 0.1) is 6.92 Å². The van der Waals surface area contributed by atoms with Crippen LogP contribution in [-0.4, -0.2) is 30.7 Å². The highest BCUT2D eigenvalue weighted by Gasteiger charge is 2.22. The standard InChI is InChI=1S/C12H17N5O3S/c1-8-10(5-13)12(17-16-8)21(18,19)15-7-9-3-4-11(20-2)14-6-9/h3-4,6,15H,5,7,13H2,1-2H3,(H,16,17). The van der Waals surface area contributed by atoms with Gasteiger partial charge < -0.3 is 10.5 Å². The van der Waals surface area contributed by atoms with E-state index in [1.165, 1.54) is 7.11 Å². The van der Waals surface area contributed by atoms with Crippen molar-refractivity contribution in [2.24, 2.45) is 5.73 Å². The van der Waals surface area contributed by atoms with Gasteiger partial charge in [-0.1, -0.05) is 6.07 Å². The molecule has 0 saturated heterocycles. The first kappa shape index (κ1) is 15.4. The molecule has 9 heteroatoms. The Morgan fingerprint density at radius 1 is 1.43 bits per heavy atom. The van der Waals surface area contributed by atoms with Crippen molar-refractivity contribution < 1.29 is 13.2 Å². The number of nitrogens with two attached hydrogens (primary N) is 1. The molecule has 0 aliphatic carbocycles. The highest BCUT2D eigenvalue weighted by molar-refractivity contribution is 7.89. The van der Waals surface area contributed by atoms with Crippen molar-refractivity contribution in [3.8, 4) is 5.88 Å². The topological polar surface area (TPSA) is 123 Å². The van der Waals surface area contributed by atoms with E-state index in [9.17, 15) is 8.42 Å². The van der Waals surface area contributed by atoms with Gasteiger partial charge in [0.25, 0.3) is 10.0 Å². The van der Waals surface area contributed by atoms with Crippen LogP contribution in [0.25, 0.3) is 0 Å². The monoisotopic (exact) mass is 311 g/mol. The van der Waals surface area contributed by atoms with E-state index in [1.807, 2.05) is 0 Å². The molecular formula is C12H17N5O3S. The molecule has 114 valence electrons. The van der Waals surface area contributed by atoms with E-state index in [0.717, 1.165) is 0 Å². The van der Waals surface area contributed by atoms with Crippen LogP contribution in [0.15, 0.2) is 23.4 Å². The van der Waals surface area contributed by atoms with E-state index in [2.05, 4.69) is 19.9 Å². The summed E-state index contributed by atoms with van der Waals surface area (Å²) in [7, 11) is -2.21. The second-order valence-electron chi connectivity index (χ2n) is 4.37. The molecule has 2 aromatic heterocycles. The molecule has 0 radical (unpaired) electrons. The van der Waals surface area contributed by atoms with Gasteiger partial charge in [-0.2, -0.15) is 5.10 Å². The molecule has 0 spiro atoms. The van der Waals surface area contributed by atoms with E-state index < -0.39 is 10.0 Å². The molecule has 0 bridgehead atoms. The van der Waals surface area contributed by atoms with Crippen LogP contribution in [0.5, 0.6) is 5.88 Å². The average Bonchev–Trinajstić information content (AvgIpc) is 2.87. The van der Waals surface area contributed by atoms with Crippen LogP contribution in [0.2, 0.25) is 0 Å². The molecule has 0 fully saturated rings. The Morgan fingerprint density at radius 2 is 2.19 bits per heavy atom. The van der Waals surface area contributed by atoms with Gasteiger partial charge in [-0.3, -0.25) is 5.10 Å². The Morgan fingerprint density at radius 3 is 2.76 bits per heavy atom. The summed E-state index contributed by atoms with van der Waals surface area (Å²) in [5, 5.41) is 6.37. The second kappa shape index (κ2) is 6.20. The molecule has 2 aromatic rings. The summed E-state index contributed by atoms with van der Waals surface area (Å²) in [6.45, 7) is 1.93. The van der Waals surface area contributed by atoms with Crippen molar-refractivity contribution in [2.45, 2.75) is 25.0 Å². The first-order valence-corrected chi connectivity index (χ1v) is 7.68. The van der Waals surface area contributed by atoms with Gasteiger partial charge in [0.2, 0.25) is 5.88 Å². The highest BCUT2D eigenvalue weighted by Crippen LogP contribution is 2.15. The molecule has 0 aliphatic rings. The van der Waals surface area contributed by atoms with Crippen LogP contribution in [-0.2, 0) is 23.1 Å². The van der Waals surface area contributed by atoms with E-state index in [1.54, 1.807) is 25.3 Å². The summed E-state index contributed by atoms with van der Waals surface area (Å²) < 4.78 is 31.9. The zero-order chi connectivity index (χ0) is 15.5. The summed E-state index contributed by atoms with van der Waals surface area (Å²) in [5.74, 6) is 0.468. The Bertz CT molecular complexity index is 709. The van der Waals surface area contributed by atoms with E-state index in [0.29, 0.717) is 22.7 Å². The van der Waals surface area contributed by atoms with Crippen LogP contribution in [0.3, 0.4) is 0 Å². The molecule has 8 nitrogen and oxygen atoms in total. The van der Waals surface area contributed by atoms with E-state index >= 15 is 0 Å². The maximum Gasteiger partial charge on any atom is 0.260 e. The Balaban J connectivity index is 2.13. The Kier molecular flexibility index (Phi) is 4.56. The number of sulfonamides is 1. The van der Waals surface area contributed by atoms with Gasteiger partial charge >= 0.3 is 0 Å². The van der Waals surface area contributed by atoms with Gasteiger partial charge in [0, 0.05) is 36.6 Å². The van der Waals surface area contributed by atoms with Crippen molar-refractivity contribution in [3.63, 3.8) is 0 Å². The fraction of sp³-hybridized carbons (Fsp3) is 0.333. The molecule has 0 atom stereocenters. The molecular weight excluding hydrogens is 294 g/mol. The number of nitrogens with zero attached hydrogens (tertiary/aromatic N) is 2. The number of rotatable bonds is 6. The Hall–Kier alpha value is -1.97. The Labute approximate surface area is 122 Å². The van der Waals surface area contributed by atoms with Crippen LogP contribution < -0.4 is 15.2 Å². The smallest absolute Gasteiger partial charge is 0.260 e. The number of hydrogen-bond donors (Lipinski definition) is 3. The SMILES string of the molecule is COc1ccc(CNS(=O)(=O)c2n[nH]c(C)c2CN)cn1. The minimum Gasteiger partial charge on any atom is -0.481 e. The molecule has 0 aromatic carbocycles. The van der Waals surface area contributed by atoms with Crippen LogP contribution >= 0.6 is 0 Å². The summed E-state index contributed by atoms with van der Waals surface area (Å²) >= 11 is 0. The largest absolute Gasteiger partial charge is 0.481 e. The summed E-state index contributed by atoms with van der Waals surface area (Å²) in [6, 6.07) is 3.39. The summed E-state index contributed by atoms with van der Waals surface area (Å²) in [6.07, 6.45) is 1.54. The molecule has 2 rings (SSSR count). The number of hydrogen-bond acceptors (Lipinski definition) is 6. The highest BCUT2D eigenvalue weighted by atomic mass is 32.2. The molecule has 0 saturated carbocycles. The lowest BCUT2D eigenvalue weighted by atomic mass is 10.3. The lowest BCUT2D eigenvalue weighted by Gasteiger charge is -2.06. The second-order valence-corrected chi connectivity index (χ2v) is 6.05. The number of nitrogens with one attached hydrogen (secondary N) is 2. The lowest BCUT2D eigenvalue weighted by Crippen LogP contribution is -2.25. The minimum atomic E-state index is -3.73. The predicted molar refractivity (Wildman–Crippen MR) is 76.0 cm³/mol. The molecule has 0 aliphatic heterocycles. The maximum absolute atomic E-state index is 12.2. The number of aromatic nitrogens is 3. The summed E-state index contributed by atoms with van der Waals surface area (Å²) in [4.78, 5) is 4.01. The number of pyridine rings is 1. The first-order valence-electron chi connectivity index (χ1n) is 6.20. The summed E-state index contributed by atoms with van der Waals surface area (Å²) in [5.41, 5.74) is 7.39. The number of methoxy groups -OCH3 is 1. The predicted octanol–water partition coefficient (Wildman–Crippen LogP) is 0.0589. The van der Waals surface area contributed by atoms with Gasteiger partial charge in [0.1, 0.15) is 0 Å². The normalized spacial score (nSPS) is 11.6. The number of H-pyrrole nitrogens is 1. The molecule has 4 N–H and O–H groups in total. The van der Waals surface area contributed by atoms with Crippen molar-refractivity contribution in [1.82, 2.24) is 19.9 Å². The number of ether oxygens (including phenoxy) is 1. The number of aromatic amines is 1. The fourth-order valence-electron chi connectivity index (χ4n) is 1.78. The van der Waals surface area contributed by atoms with Gasteiger partial charge in [-0.15, -0.1) is 0 Å². The maximum atomic E-state index is 12.2. The van der Waals surface area contributed by atoms with E-state index in [-0.39, 0.29) is 18.1 Å². The van der Waals surface area contributed by atoms with Crippen molar-refractivity contribution >= 4 is 10.0 Å². The van der Waals surface area contributed by atoms with Crippen molar-refractivity contribution in [1.29, 1.82) is 0 Å². The zero-order valence-corrected chi connectivity index (χ0v) is 12.6. The van der Waals surface area contributed by atoms with Gasteiger partial charge in [0.15, 0.2) is 5.03 Å². The van der Waals surface area contributed by atoms with Crippen LogP contribution in [0.1, 0.15) is 16.8 Å². The van der Waals surface area contributed by atoms with Gasteiger partial charge in [-0.05, 0) is 12.5 Å². The van der Waals surface area contributed by atoms with Crippen LogP contribution in [0.4, 0.5) is 0 Å². The lowest BCUT2D eigenvalue weighted by molar-refractivity contribution is 0.397. The molecule has 0 amide bonds. The minimum absolute atomic E-state index is 0.0658. The zero-order valence-electron chi connectivity index (χ0n) is 11.8. The molecule has 21 heavy (non-hydrogen) atoms. The molecule has 2 heterocycles. The van der Waals surface area contributed by atoms with Gasteiger partial charge in [0.05, 0.1) is 7.11 Å². The van der Waals surface area contributed by atoms with Crippen molar-refractivity contribution in [2.75, 3.05) is 7.11 Å². The third kappa shape index (κ3) is 3.38. The fourth-order valence-corrected chi connectivity index (χ4v) is 3.00. The molecule has 0 unspecified atom stereocenters. The van der Waals surface area contributed by atoms with Gasteiger partial charge in [-0.25, -0.2) is 18.1 Å². The van der Waals surface area contributed by atoms with E-state index in [4.69, 9.17) is 10.5 Å². The first-order chi connectivity index (χ1) is 9.97. The third-order valence-electron chi connectivity index (χ3n) is 2.97. The quantitative estimate of drug-likeness (QED) is 0.693. The third-order valence-corrected chi connectivity index (χ3v) is 4.34.